The molecule has 4 aliphatic rings. The Morgan fingerprint density at radius 3 is 0.762 bits per heavy atom. The fourth-order valence-corrected chi connectivity index (χ4v) is 6.90. The lowest BCUT2D eigenvalue weighted by Gasteiger charge is -2.42. The molecule has 0 spiro atoms. The predicted octanol–water partition coefficient (Wildman–Crippen LogP) is 6.59. The van der Waals surface area contributed by atoms with Gasteiger partial charge in [-0.25, -0.2) is 0 Å². The second kappa shape index (κ2) is 6.63. The van der Waals surface area contributed by atoms with Crippen LogP contribution in [-0.2, 0) is 0 Å². The maximum absolute atomic E-state index is 1.64. The van der Waals surface area contributed by atoms with Gasteiger partial charge in [0, 0.05) is 0 Å². The summed E-state index contributed by atoms with van der Waals surface area (Å²) in [5.41, 5.74) is 0. The van der Waals surface area contributed by atoms with Crippen LogP contribution in [0.3, 0.4) is 0 Å². The molecule has 0 saturated heterocycles. The van der Waals surface area contributed by atoms with E-state index in [1.807, 2.05) is 0 Å². The van der Waals surface area contributed by atoms with Crippen LogP contribution >= 0.6 is 0 Å². The lowest BCUT2D eigenvalue weighted by molar-refractivity contribution is 0.0794. The fourth-order valence-electron chi connectivity index (χ4n) is 6.90. The third kappa shape index (κ3) is 3.20. The molecular weight excluding hydrogens is 252 g/mol. The average molecular weight is 289 g/mol. The van der Waals surface area contributed by atoms with Gasteiger partial charge < -0.3 is 0 Å². The number of hydrogen-bond donors (Lipinski definition) is 0. The largest absolute Gasteiger partial charge is 0.0530 e. The predicted molar refractivity (Wildman–Crippen MR) is 90.2 cm³/mol. The van der Waals surface area contributed by atoms with E-state index >= 15 is 0 Å². The molecule has 0 unspecified atom stereocenters. The molecular formula is C21H36. The molecule has 0 radical (unpaired) electrons. The van der Waals surface area contributed by atoms with Gasteiger partial charge in [-0.1, -0.05) is 77.0 Å². The molecule has 4 rings (SSSR count). The lowest BCUT2D eigenvalue weighted by atomic mass is 9.63. The molecule has 0 heterocycles. The monoisotopic (exact) mass is 288 g/mol. The van der Waals surface area contributed by atoms with E-state index < -0.39 is 0 Å². The van der Waals surface area contributed by atoms with Crippen LogP contribution in [0.2, 0.25) is 0 Å². The minimum atomic E-state index is 1.14. The second-order valence-electron chi connectivity index (χ2n) is 9.12. The van der Waals surface area contributed by atoms with Gasteiger partial charge in [-0.3, -0.25) is 0 Å². The molecule has 0 aromatic rings. The van der Waals surface area contributed by atoms with Crippen molar-refractivity contribution in [2.24, 2.45) is 35.5 Å². The highest BCUT2D eigenvalue weighted by atomic mass is 14.5. The fraction of sp³-hybridized carbons (Fsp3) is 1.00. The van der Waals surface area contributed by atoms with Crippen molar-refractivity contribution in [3.8, 4) is 0 Å². The molecule has 4 fully saturated rings. The molecule has 0 aromatic carbocycles. The average Bonchev–Trinajstić information content (AvgIpc) is 3.29. The molecule has 120 valence electrons. The van der Waals surface area contributed by atoms with Gasteiger partial charge in [-0.05, 0) is 54.8 Å². The Morgan fingerprint density at radius 1 is 0.286 bits per heavy atom. The van der Waals surface area contributed by atoms with Crippen molar-refractivity contribution in [2.45, 2.75) is 96.3 Å². The maximum atomic E-state index is 1.64. The summed E-state index contributed by atoms with van der Waals surface area (Å²) < 4.78 is 0. The summed E-state index contributed by atoms with van der Waals surface area (Å²) in [4.78, 5) is 0. The molecule has 0 amide bonds. The Balaban J connectivity index is 1.45. The first-order chi connectivity index (χ1) is 10.4. The zero-order chi connectivity index (χ0) is 14.1. The van der Waals surface area contributed by atoms with Crippen molar-refractivity contribution in [3.05, 3.63) is 0 Å². The smallest absolute Gasteiger partial charge is 0.0380 e. The maximum Gasteiger partial charge on any atom is -0.0380 e. The van der Waals surface area contributed by atoms with Crippen molar-refractivity contribution in [3.63, 3.8) is 0 Å². The molecule has 0 N–H and O–H groups in total. The van der Waals surface area contributed by atoms with Gasteiger partial charge >= 0.3 is 0 Å². The molecule has 0 nitrogen and oxygen atoms in total. The number of rotatable bonds is 3. The van der Waals surface area contributed by atoms with Gasteiger partial charge in [-0.15, -0.1) is 0 Å². The third-order valence-electron chi connectivity index (χ3n) is 8.02. The molecule has 0 heteroatoms. The van der Waals surface area contributed by atoms with Crippen LogP contribution in [0, 0.1) is 35.5 Å². The van der Waals surface area contributed by atoms with Crippen LogP contribution in [0.4, 0.5) is 0 Å². The summed E-state index contributed by atoms with van der Waals surface area (Å²) in [6.07, 6.45) is 23.7. The Kier molecular flexibility index (Phi) is 4.60. The quantitative estimate of drug-likeness (QED) is 0.549. The van der Waals surface area contributed by atoms with Crippen LogP contribution in [-0.4, -0.2) is 0 Å². The highest BCUT2D eigenvalue weighted by Gasteiger charge is 2.40. The highest BCUT2D eigenvalue weighted by Crippen LogP contribution is 2.51. The van der Waals surface area contributed by atoms with Crippen molar-refractivity contribution >= 4 is 0 Å². The standard InChI is InChI=1S/C21H36/c1-2-8-16(7-1)19-13-20(17-9-3-4-10-17)15-21(14-19)18-11-5-6-12-18/h16-21H,1-15H2. The Hall–Kier alpha value is 0. The van der Waals surface area contributed by atoms with E-state index in [4.69, 9.17) is 0 Å². The van der Waals surface area contributed by atoms with E-state index in [0.717, 1.165) is 35.5 Å². The Labute approximate surface area is 132 Å². The summed E-state index contributed by atoms with van der Waals surface area (Å²) in [5, 5.41) is 0. The van der Waals surface area contributed by atoms with Gasteiger partial charge in [0.05, 0.1) is 0 Å². The first-order valence-corrected chi connectivity index (χ1v) is 10.4. The van der Waals surface area contributed by atoms with Crippen LogP contribution in [0.5, 0.6) is 0 Å². The molecule has 4 saturated carbocycles. The summed E-state index contributed by atoms with van der Waals surface area (Å²) in [5.74, 6) is 6.82. The summed E-state index contributed by atoms with van der Waals surface area (Å²) in [7, 11) is 0. The first kappa shape index (κ1) is 14.6. The lowest BCUT2D eigenvalue weighted by Crippen LogP contribution is -2.33. The number of hydrogen-bond acceptors (Lipinski definition) is 0. The minimum absolute atomic E-state index is 1.14. The van der Waals surface area contributed by atoms with E-state index in [9.17, 15) is 0 Å². The topological polar surface area (TPSA) is 0 Å². The summed E-state index contributed by atoms with van der Waals surface area (Å²) in [6, 6.07) is 0. The highest BCUT2D eigenvalue weighted by molar-refractivity contribution is 4.91. The van der Waals surface area contributed by atoms with Crippen LogP contribution in [0.1, 0.15) is 96.3 Å². The van der Waals surface area contributed by atoms with E-state index in [1.165, 1.54) is 0 Å². The zero-order valence-corrected chi connectivity index (χ0v) is 14.1. The first-order valence-electron chi connectivity index (χ1n) is 10.4. The second-order valence-corrected chi connectivity index (χ2v) is 9.12. The van der Waals surface area contributed by atoms with Gasteiger partial charge in [0.15, 0.2) is 0 Å². The van der Waals surface area contributed by atoms with Gasteiger partial charge in [0.1, 0.15) is 0 Å². The van der Waals surface area contributed by atoms with E-state index in [-0.39, 0.29) is 0 Å². The minimum Gasteiger partial charge on any atom is -0.0530 e. The van der Waals surface area contributed by atoms with Crippen molar-refractivity contribution < 1.29 is 0 Å². The van der Waals surface area contributed by atoms with E-state index in [2.05, 4.69) is 0 Å². The normalized spacial score (nSPS) is 40.3. The van der Waals surface area contributed by atoms with Gasteiger partial charge in [-0.2, -0.15) is 0 Å². The van der Waals surface area contributed by atoms with Crippen molar-refractivity contribution in [1.29, 1.82) is 0 Å². The van der Waals surface area contributed by atoms with Crippen molar-refractivity contribution in [2.75, 3.05) is 0 Å². The van der Waals surface area contributed by atoms with Crippen LogP contribution < -0.4 is 0 Å². The Bertz CT molecular complexity index is 257. The molecule has 0 bridgehead atoms. The molecule has 0 aromatic heterocycles. The van der Waals surface area contributed by atoms with Gasteiger partial charge in [0.2, 0.25) is 0 Å². The molecule has 21 heavy (non-hydrogen) atoms. The summed E-state index contributed by atoms with van der Waals surface area (Å²) >= 11 is 0. The Morgan fingerprint density at radius 2 is 0.524 bits per heavy atom. The van der Waals surface area contributed by atoms with Crippen molar-refractivity contribution in [1.82, 2.24) is 0 Å². The summed E-state index contributed by atoms with van der Waals surface area (Å²) in [6.45, 7) is 0. The van der Waals surface area contributed by atoms with Crippen LogP contribution in [0.25, 0.3) is 0 Å². The zero-order valence-electron chi connectivity index (χ0n) is 14.1. The van der Waals surface area contributed by atoms with E-state index in [1.54, 1.807) is 96.3 Å². The molecule has 4 aliphatic carbocycles. The van der Waals surface area contributed by atoms with Crippen LogP contribution in [0.15, 0.2) is 0 Å². The van der Waals surface area contributed by atoms with Gasteiger partial charge in [0.25, 0.3) is 0 Å². The third-order valence-corrected chi connectivity index (χ3v) is 8.02. The SMILES string of the molecule is C1CCC(C2CC(C3CCCC3)CC(C3CCCC3)C2)C1. The molecule has 0 atom stereocenters. The van der Waals surface area contributed by atoms with E-state index in [0.29, 0.717) is 0 Å². The molecule has 0 aliphatic heterocycles.